The molecule has 0 radical (unpaired) electrons. The fourth-order valence-electron chi connectivity index (χ4n) is 3.40. The van der Waals surface area contributed by atoms with Crippen molar-refractivity contribution in [2.24, 2.45) is 0 Å². The highest BCUT2D eigenvalue weighted by Gasteiger charge is 2.36. The lowest BCUT2D eigenvalue weighted by Crippen LogP contribution is -2.31. The molecule has 1 aliphatic rings. The van der Waals surface area contributed by atoms with Crippen LogP contribution in [0.15, 0.2) is 42.7 Å². The van der Waals surface area contributed by atoms with Gasteiger partial charge >= 0.3 is 5.97 Å². The van der Waals surface area contributed by atoms with Crippen LogP contribution in [0, 0.1) is 0 Å². The van der Waals surface area contributed by atoms with Crippen molar-refractivity contribution in [2.45, 2.75) is 25.8 Å². The second-order valence-electron chi connectivity index (χ2n) is 6.69. The zero-order valence-corrected chi connectivity index (χ0v) is 14.5. The Hall–Kier alpha value is -3.22. The molecule has 0 fully saturated rings. The van der Waals surface area contributed by atoms with Crippen LogP contribution >= 0.6 is 0 Å². The standard InChI is InChI=1S/C19H18N4O3/c1-11(2)23-17-12(9-21-23)7-13(8-20-17)18(24)22-10-15(19(25)26)14-5-3-4-6-16(14)22/h3-9,11,15H,10H2,1-2H3,(H,25,26). The van der Waals surface area contributed by atoms with Gasteiger partial charge < -0.3 is 10.0 Å². The average Bonchev–Trinajstić information content (AvgIpc) is 3.22. The summed E-state index contributed by atoms with van der Waals surface area (Å²) in [6, 6.07) is 9.05. The van der Waals surface area contributed by atoms with Gasteiger partial charge in [0.05, 0.1) is 11.8 Å². The lowest BCUT2D eigenvalue weighted by molar-refractivity contribution is -0.138. The predicted molar refractivity (Wildman–Crippen MR) is 96.4 cm³/mol. The monoisotopic (exact) mass is 350 g/mol. The van der Waals surface area contributed by atoms with Gasteiger partial charge in [0.1, 0.15) is 5.92 Å². The van der Waals surface area contributed by atoms with E-state index in [2.05, 4.69) is 10.1 Å². The first-order chi connectivity index (χ1) is 12.5. The van der Waals surface area contributed by atoms with E-state index in [4.69, 9.17) is 0 Å². The predicted octanol–water partition coefficient (Wildman–Crippen LogP) is 2.84. The molecule has 3 heterocycles. The summed E-state index contributed by atoms with van der Waals surface area (Å²) in [7, 11) is 0. The minimum absolute atomic E-state index is 0.122. The van der Waals surface area contributed by atoms with Crippen LogP contribution < -0.4 is 4.90 Å². The van der Waals surface area contributed by atoms with Gasteiger partial charge in [-0.05, 0) is 31.5 Å². The molecule has 0 spiro atoms. The van der Waals surface area contributed by atoms with Gasteiger partial charge in [-0.25, -0.2) is 9.67 Å². The fraction of sp³-hybridized carbons (Fsp3) is 0.263. The van der Waals surface area contributed by atoms with Crippen molar-refractivity contribution in [3.63, 3.8) is 0 Å². The summed E-state index contributed by atoms with van der Waals surface area (Å²) < 4.78 is 1.80. The lowest BCUT2D eigenvalue weighted by atomic mass is 10.0. The minimum atomic E-state index is -0.931. The van der Waals surface area contributed by atoms with Gasteiger partial charge in [0.15, 0.2) is 5.65 Å². The van der Waals surface area contributed by atoms with Crippen molar-refractivity contribution in [1.29, 1.82) is 0 Å². The Kier molecular flexibility index (Phi) is 3.72. The molecule has 4 rings (SSSR count). The Balaban J connectivity index is 1.72. The number of anilines is 1. The quantitative estimate of drug-likeness (QED) is 0.785. The number of hydrogen-bond donors (Lipinski definition) is 1. The second-order valence-corrected chi connectivity index (χ2v) is 6.69. The molecular weight excluding hydrogens is 332 g/mol. The van der Waals surface area contributed by atoms with Crippen molar-refractivity contribution in [2.75, 3.05) is 11.4 Å². The van der Waals surface area contributed by atoms with Crippen molar-refractivity contribution in [3.8, 4) is 0 Å². The van der Waals surface area contributed by atoms with E-state index in [9.17, 15) is 14.7 Å². The van der Waals surface area contributed by atoms with Gasteiger partial charge in [-0.2, -0.15) is 5.10 Å². The van der Waals surface area contributed by atoms with Gasteiger partial charge in [-0.15, -0.1) is 0 Å². The molecule has 0 aliphatic carbocycles. The van der Waals surface area contributed by atoms with E-state index in [0.717, 1.165) is 11.0 Å². The second kappa shape index (κ2) is 5.94. The molecule has 3 aromatic rings. The Labute approximate surface area is 149 Å². The number of aliphatic carboxylic acids is 1. The summed E-state index contributed by atoms with van der Waals surface area (Å²) in [5, 5.41) is 14.6. The highest BCUT2D eigenvalue weighted by molar-refractivity contribution is 6.09. The number of para-hydroxylation sites is 1. The zero-order chi connectivity index (χ0) is 18.4. The molecule has 2 aromatic heterocycles. The number of nitrogens with zero attached hydrogens (tertiary/aromatic N) is 4. The molecule has 0 saturated heterocycles. The van der Waals surface area contributed by atoms with Gasteiger partial charge in [-0.1, -0.05) is 18.2 Å². The Morgan fingerprint density at radius 2 is 2.00 bits per heavy atom. The molecule has 7 nitrogen and oxygen atoms in total. The summed E-state index contributed by atoms with van der Waals surface area (Å²) in [5.41, 5.74) is 2.45. The summed E-state index contributed by atoms with van der Waals surface area (Å²) in [6.07, 6.45) is 3.22. The van der Waals surface area contributed by atoms with Crippen molar-refractivity contribution in [1.82, 2.24) is 14.8 Å². The molecule has 7 heteroatoms. The summed E-state index contributed by atoms with van der Waals surface area (Å²) in [5.74, 6) is -1.90. The Morgan fingerprint density at radius 3 is 2.73 bits per heavy atom. The van der Waals surface area contributed by atoms with Crippen LogP contribution in [0.3, 0.4) is 0 Å². The van der Waals surface area contributed by atoms with Gasteiger partial charge in [0.25, 0.3) is 5.91 Å². The fourth-order valence-corrected chi connectivity index (χ4v) is 3.40. The van der Waals surface area contributed by atoms with Crippen molar-refractivity contribution < 1.29 is 14.7 Å². The molecule has 1 N–H and O–H groups in total. The van der Waals surface area contributed by atoms with Gasteiger partial charge in [0, 0.05) is 29.9 Å². The molecule has 132 valence electrons. The third-order valence-corrected chi connectivity index (χ3v) is 4.68. The van der Waals surface area contributed by atoms with Crippen molar-refractivity contribution in [3.05, 3.63) is 53.9 Å². The molecule has 1 amide bonds. The number of amides is 1. The number of carboxylic acids is 1. The number of benzene rings is 1. The largest absolute Gasteiger partial charge is 0.481 e. The third kappa shape index (κ3) is 2.44. The van der Waals surface area contributed by atoms with Crippen LogP contribution in [0.5, 0.6) is 0 Å². The van der Waals surface area contributed by atoms with E-state index in [1.807, 2.05) is 13.8 Å². The number of pyridine rings is 1. The van der Waals surface area contributed by atoms with E-state index in [0.29, 0.717) is 16.8 Å². The van der Waals surface area contributed by atoms with Crippen LogP contribution in [-0.4, -0.2) is 38.3 Å². The Morgan fingerprint density at radius 1 is 1.23 bits per heavy atom. The summed E-state index contributed by atoms with van der Waals surface area (Å²) in [4.78, 5) is 30.5. The highest BCUT2D eigenvalue weighted by Crippen LogP contribution is 2.37. The first-order valence-electron chi connectivity index (χ1n) is 8.44. The van der Waals surface area contributed by atoms with Crippen LogP contribution in [0.2, 0.25) is 0 Å². The van der Waals surface area contributed by atoms with E-state index in [1.165, 1.54) is 11.1 Å². The highest BCUT2D eigenvalue weighted by atomic mass is 16.4. The number of hydrogen-bond acceptors (Lipinski definition) is 4. The topological polar surface area (TPSA) is 88.3 Å². The molecule has 26 heavy (non-hydrogen) atoms. The first-order valence-corrected chi connectivity index (χ1v) is 8.44. The van der Waals surface area contributed by atoms with Crippen LogP contribution in [0.1, 0.15) is 41.7 Å². The molecule has 1 aromatic carbocycles. The van der Waals surface area contributed by atoms with Crippen LogP contribution in [0.25, 0.3) is 11.0 Å². The summed E-state index contributed by atoms with van der Waals surface area (Å²) >= 11 is 0. The molecule has 1 unspecified atom stereocenters. The number of carboxylic acid groups (broad SMARTS) is 1. The SMILES string of the molecule is CC(C)n1ncc2cc(C(=O)N3CC(C(=O)O)c4ccccc43)cnc21. The number of fused-ring (bicyclic) bond motifs is 2. The van der Waals surface area contributed by atoms with Gasteiger partial charge in [0.2, 0.25) is 0 Å². The molecule has 1 aliphatic heterocycles. The smallest absolute Gasteiger partial charge is 0.312 e. The molecule has 1 atom stereocenters. The molecule has 0 saturated carbocycles. The lowest BCUT2D eigenvalue weighted by Gasteiger charge is -2.17. The number of aromatic nitrogens is 3. The minimum Gasteiger partial charge on any atom is -0.481 e. The van der Waals surface area contributed by atoms with Crippen LogP contribution in [0.4, 0.5) is 5.69 Å². The van der Waals surface area contributed by atoms with Crippen molar-refractivity contribution >= 4 is 28.6 Å². The maximum Gasteiger partial charge on any atom is 0.312 e. The van der Waals surface area contributed by atoms with E-state index >= 15 is 0 Å². The van der Waals surface area contributed by atoms with Crippen LogP contribution in [-0.2, 0) is 4.79 Å². The van der Waals surface area contributed by atoms with E-state index in [-0.39, 0.29) is 18.5 Å². The van der Waals surface area contributed by atoms with E-state index in [1.54, 1.807) is 41.2 Å². The third-order valence-electron chi connectivity index (χ3n) is 4.68. The number of rotatable bonds is 3. The maximum absolute atomic E-state index is 13.0. The first kappa shape index (κ1) is 16.3. The van der Waals surface area contributed by atoms with E-state index < -0.39 is 11.9 Å². The molecular formula is C19H18N4O3. The summed E-state index contributed by atoms with van der Waals surface area (Å²) in [6.45, 7) is 4.15. The maximum atomic E-state index is 13.0. The Bertz CT molecular complexity index is 1020. The average molecular weight is 350 g/mol. The van der Waals surface area contributed by atoms with Gasteiger partial charge in [-0.3, -0.25) is 9.59 Å². The molecule has 0 bridgehead atoms. The normalized spacial score (nSPS) is 16.3. The number of carbonyl (C=O) groups is 2. The number of carbonyl (C=O) groups excluding carboxylic acids is 1. The zero-order valence-electron chi connectivity index (χ0n) is 14.5.